The molecule has 2 N–H and O–H groups in total. The van der Waals surface area contributed by atoms with Crippen LogP contribution in [-0.4, -0.2) is 83.7 Å². The summed E-state index contributed by atoms with van der Waals surface area (Å²) in [6.45, 7) is 21.0. The Kier molecular flexibility index (Phi) is 12.2. The van der Waals surface area contributed by atoms with E-state index in [1.807, 2.05) is 12.1 Å². The van der Waals surface area contributed by atoms with Crippen molar-refractivity contribution in [3.05, 3.63) is 46.0 Å². The van der Waals surface area contributed by atoms with Crippen molar-refractivity contribution in [3.8, 4) is 0 Å². The molecular weight excluding hydrogens is 724 g/mol. The zero-order valence-corrected chi connectivity index (χ0v) is 36.8. The van der Waals surface area contributed by atoms with Gasteiger partial charge in [0.1, 0.15) is 6.10 Å². The van der Waals surface area contributed by atoms with Gasteiger partial charge in [0.25, 0.3) is 0 Å². The topological polar surface area (TPSA) is 107 Å². The summed E-state index contributed by atoms with van der Waals surface area (Å²) in [6.07, 6.45) is 7.22. The molecule has 1 aromatic carbocycles. The minimum absolute atomic E-state index is 0.0262. The van der Waals surface area contributed by atoms with Crippen molar-refractivity contribution in [1.82, 2.24) is 9.80 Å². The Morgan fingerprint density at radius 1 is 0.893 bits per heavy atom. The number of ether oxygens (including phenoxy) is 1. The van der Waals surface area contributed by atoms with E-state index in [-0.39, 0.29) is 51.8 Å². The lowest BCUT2D eigenvalue weighted by molar-refractivity contribution is -0.235. The number of allylic oxidation sites excluding steroid dienone is 1. The van der Waals surface area contributed by atoms with Crippen LogP contribution in [0.25, 0.3) is 0 Å². The van der Waals surface area contributed by atoms with Crippen LogP contribution in [0.2, 0.25) is 5.02 Å². The highest BCUT2D eigenvalue weighted by Crippen LogP contribution is 2.77. The van der Waals surface area contributed by atoms with Gasteiger partial charge in [-0.3, -0.25) is 19.3 Å². The van der Waals surface area contributed by atoms with E-state index in [4.69, 9.17) is 16.3 Å². The highest BCUT2D eigenvalue weighted by Gasteiger charge is 2.70. The summed E-state index contributed by atoms with van der Waals surface area (Å²) >= 11 is 6.24. The van der Waals surface area contributed by atoms with Crippen LogP contribution in [0.15, 0.2) is 35.4 Å². The maximum Gasteiger partial charge on any atom is 0.306 e. The molecule has 0 saturated heterocycles. The number of aliphatic carboxylic acids is 1. The Labute approximate surface area is 342 Å². The van der Waals surface area contributed by atoms with Gasteiger partial charge in [-0.1, -0.05) is 84.7 Å². The monoisotopic (exact) mass is 795 g/mol. The zero-order chi connectivity index (χ0) is 41.2. The van der Waals surface area contributed by atoms with Gasteiger partial charge in [0.15, 0.2) is 5.78 Å². The van der Waals surface area contributed by atoms with E-state index in [9.17, 15) is 24.6 Å². The van der Waals surface area contributed by atoms with Gasteiger partial charge in [-0.25, -0.2) is 0 Å². The van der Waals surface area contributed by atoms with Gasteiger partial charge in [-0.2, -0.15) is 0 Å². The lowest BCUT2D eigenvalue weighted by Crippen LogP contribution is -2.66. The molecule has 0 bridgehead atoms. The first-order valence-corrected chi connectivity index (χ1v) is 22.0. The normalized spacial score (nSPS) is 36.2. The number of nitrogens with zero attached hydrogens (tertiary/aromatic N) is 2. The van der Waals surface area contributed by atoms with E-state index in [0.29, 0.717) is 36.4 Å². The molecule has 1 unspecified atom stereocenters. The minimum atomic E-state index is -0.975. The number of carbonyl (C=O) groups is 3. The van der Waals surface area contributed by atoms with Crippen LogP contribution in [0.1, 0.15) is 125 Å². The molecule has 6 rings (SSSR count). The average Bonchev–Trinajstić information content (AvgIpc) is 3.43. The third-order valence-corrected chi connectivity index (χ3v) is 17.1. The van der Waals surface area contributed by atoms with Crippen molar-refractivity contribution in [3.63, 3.8) is 0 Å². The lowest BCUT2D eigenvalue weighted by Gasteiger charge is -2.72. The number of fused-ring (bicyclic) bond motifs is 7. The quantitative estimate of drug-likeness (QED) is 0.191. The maximum atomic E-state index is 14.3. The molecule has 4 saturated carbocycles. The number of esters is 1. The smallest absolute Gasteiger partial charge is 0.306 e. The number of hydrogen-bond donors (Lipinski definition) is 2. The van der Waals surface area contributed by atoms with Crippen LogP contribution in [0.5, 0.6) is 0 Å². The fraction of sp³-hybridized carbons (Fsp3) is 0.766. The van der Waals surface area contributed by atoms with Crippen LogP contribution < -0.4 is 0 Å². The molecule has 8 nitrogen and oxygen atoms in total. The second-order valence-electron chi connectivity index (χ2n) is 20.8. The van der Waals surface area contributed by atoms with E-state index in [0.717, 1.165) is 75.6 Å². The zero-order valence-electron chi connectivity index (χ0n) is 36.1. The molecule has 0 spiro atoms. The predicted molar refractivity (Wildman–Crippen MR) is 222 cm³/mol. The molecule has 4 fully saturated rings. The molecule has 312 valence electrons. The van der Waals surface area contributed by atoms with Gasteiger partial charge < -0.3 is 19.8 Å². The molecule has 0 aliphatic heterocycles. The molecule has 0 heterocycles. The Balaban J connectivity index is 1.29. The van der Waals surface area contributed by atoms with E-state index >= 15 is 0 Å². The SMILES string of the molecule is CC(C)C1=C2C3CC[C@@H]4[C@@]5(C)CC[C@H](OC(=O)C[C@@H](C)C(=O)O)C(C)(C)[C@@H]5CC[C@@]4(C)[C@]3(C)CC[C@@]2([C@@H](O)CN(CCN(C)C)Cc2ccc(Cl)cc2)CC1=O. The summed E-state index contributed by atoms with van der Waals surface area (Å²) in [5, 5.41) is 22.8. The van der Waals surface area contributed by atoms with Crippen molar-refractivity contribution in [2.24, 2.45) is 56.7 Å². The summed E-state index contributed by atoms with van der Waals surface area (Å²) < 4.78 is 6.13. The summed E-state index contributed by atoms with van der Waals surface area (Å²) in [5.41, 5.74) is 2.75. The lowest BCUT2D eigenvalue weighted by atomic mass is 9.33. The summed E-state index contributed by atoms with van der Waals surface area (Å²) in [6, 6.07) is 8.00. The van der Waals surface area contributed by atoms with Crippen molar-refractivity contribution in [1.29, 1.82) is 0 Å². The Morgan fingerprint density at radius 3 is 2.20 bits per heavy atom. The van der Waals surface area contributed by atoms with Crippen molar-refractivity contribution in [2.75, 3.05) is 33.7 Å². The number of carboxylic acid groups (broad SMARTS) is 1. The second kappa shape index (κ2) is 15.7. The van der Waals surface area contributed by atoms with E-state index in [1.54, 1.807) is 6.92 Å². The number of benzene rings is 1. The number of rotatable bonds is 13. The third kappa shape index (κ3) is 7.34. The minimum Gasteiger partial charge on any atom is -0.481 e. The van der Waals surface area contributed by atoms with E-state index in [2.05, 4.69) is 84.5 Å². The first-order chi connectivity index (χ1) is 26.1. The van der Waals surface area contributed by atoms with Crippen molar-refractivity contribution >= 4 is 29.3 Å². The van der Waals surface area contributed by atoms with Gasteiger partial charge in [0.05, 0.1) is 18.4 Å². The van der Waals surface area contributed by atoms with Crippen LogP contribution in [0, 0.1) is 56.7 Å². The van der Waals surface area contributed by atoms with Crippen LogP contribution in [0.3, 0.4) is 0 Å². The highest BCUT2D eigenvalue weighted by molar-refractivity contribution is 6.30. The molecule has 1 aromatic rings. The fourth-order valence-corrected chi connectivity index (χ4v) is 13.8. The molecular formula is C47H71ClN2O6. The molecule has 0 aromatic heterocycles. The maximum absolute atomic E-state index is 14.3. The highest BCUT2D eigenvalue weighted by atomic mass is 35.5. The number of ketones is 1. The van der Waals surface area contributed by atoms with Gasteiger partial charge in [0, 0.05) is 48.5 Å². The first kappa shape index (κ1) is 43.3. The number of hydrogen-bond acceptors (Lipinski definition) is 7. The van der Waals surface area contributed by atoms with Gasteiger partial charge in [-0.05, 0) is 129 Å². The van der Waals surface area contributed by atoms with Gasteiger partial charge >= 0.3 is 11.9 Å². The second-order valence-corrected chi connectivity index (χ2v) is 21.3. The molecule has 5 aliphatic carbocycles. The number of aliphatic hydroxyl groups is 1. The van der Waals surface area contributed by atoms with Crippen LogP contribution in [0.4, 0.5) is 0 Å². The summed E-state index contributed by atoms with van der Waals surface area (Å²) in [5.74, 6) is -0.714. The number of Topliss-reactive ketones (excluding diaryl/α,β-unsaturated/α-hetero) is 1. The molecule has 10 atom stereocenters. The predicted octanol–water partition coefficient (Wildman–Crippen LogP) is 9.07. The van der Waals surface area contributed by atoms with Crippen molar-refractivity contribution < 1.29 is 29.3 Å². The molecule has 5 aliphatic rings. The van der Waals surface area contributed by atoms with Crippen LogP contribution >= 0.6 is 11.6 Å². The number of halogens is 1. The number of carboxylic acids is 1. The van der Waals surface area contributed by atoms with E-state index in [1.165, 1.54) is 5.57 Å². The Bertz CT molecular complexity index is 1690. The molecule has 9 heteroatoms. The van der Waals surface area contributed by atoms with Gasteiger partial charge in [-0.15, -0.1) is 0 Å². The Morgan fingerprint density at radius 2 is 1.57 bits per heavy atom. The number of aliphatic hydroxyl groups excluding tert-OH is 1. The molecule has 56 heavy (non-hydrogen) atoms. The van der Waals surface area contributed by atoms with Crippen LogP contribution in [-0.2, 0) is 25.7 Å². The number of likely N-dealkylation sites (N-methyl/N-ethyl adjacent to an activating group) is 1. The molecule has 0 radical (unpaired) electrons. The standard InChI is InChI=1S/C47H71ClN2O6/c1-29(2)40-34(51)26-47(37(52)28-50(24-23-49(9)10)27-31-11-13-32(48)14-12-31)22-21-45(7)33(41(40)47)15-16-36-44(6)19-18-38(56-39(53)25-30(3)42(54)55)43(4,5)35(44)17-20-46(36,45)8/h11-14,29-30,33,35-38,52H,15-28H2,1-10H3,(H,54,55)/t30-,33?,35+,36-,37+,38+,44+,45-,46-,47+/m1/s1. The van der Waals surface area contributed by atoms with Gasteiger partial charge in [0.2, 0.25) is 0 Å². The molecule has 0 amide bonds. The number of carbonyl (C=O) groups excluding carboxylic acids is 2. The fourth-order valence-electron chi connectivity index (χ4n) is 13.7. The largest absolute Gasteiger partial charge is 0.481 e. The Hall–Kier alpha value is -2.26. The average molecular weight is 796 g/mol. The third-order valence-electron chi connectivity index (χ3n) is 16.8. The van der Waals surface area contributed by atoms with E-state index < -0.39 is 29.4 Å². The first-order valence-electron chi connectivity index (χ1n) is 21.6. The summed E-state index contributed by atoms with van der Waals surface area (Å²) in [7, 11) is 4.17. The van der Waals surface area contributed by atoms with Crippen molar-refractivity contribution in [2.45, 2.75) is 138 Å². The summed E-state index contributed by atoms with van der Waals surface area (Å²) in [4.78, 5) is 43.3.